The van der Waals surface area contributed by atoms with Gasteiger partial charge in [0.1, 0.15) is 5.75 Å². The van der Waals surface area contributed by atoms with Gasteiger partial charge < -0.3 is 24.2 Å². The van der Waals surface area contributed by atoms with Crippen LogP contribution >= 0.6 is 0 Å². The molecule has 0 bridgehead atoms. The highest BCUT2D eigenvalue weighted by atomic mass is 16.5. The number of benzene rings is 1. The number of nitrogens with zero attached hydrogens (tertiary/aromatic N) is 3. The minimum atomic E-state index is -0.0765. The van der Waals surface area contributed by atoms with E-state index in [0.29, 0.717) is 44.6 Å². The monoisotopic (exact) mass is 386 g/mol. The van der Waals surface area contributed by atoms with Crippen LogP contribution in [0.4, 0.5) is 4.79 Å². The van der Waals surface area contributed by atoms with Gasteiger partial charge in [-0.15, -0.1) is 0 Å². The number of hydrogen-bond donors (Lipinski definition) is 1. The third kappa shape index (κ3) is 3.69. The zero-order chi connectivity index (χ0) is 19.6. The van der Waals surface area contributed by atoms with Gasteiger partial charge in [0.25, 0.3) is 0 Å². The third-order valence-electron chi connectivity index (χ3n) is 5.84. The molecule has 4 rings (SSSR count). The molecule has 2 aliphatic heterocycles. The van der Waals surface area contributed by atoms with Gasteiger partial charge in [0.15, 0.2) is 5.82 Å². The van der Waals surface area contributed by atoms with Crippen molar-refractivity contribution < 1.29 is 18.8 Å². The Bertz CT molecular complexity index is 831. The largest absolute Gasteiger partial charge is 0.497 e. The first-order valence-electron chi connectivity index (χ1n) is 9.63. The first-order valence-corrected chi connectivity index (χ1v) is 9.63. The lowest BCUT2D eigenvalue weighted by Crippen LogP contribution is -2.41. The van der Waals surface area contributed by atoms with Crippen molar-refractivity contribution in [2.45, 2.75) is 32.2 Å². The van der Waals surface area contributed by atoms with Crippen LogP contribution < -0.4 is 10.1 Å². The van der Waals surface area contributed by atoms with Crippen LogP contribution in [0.25, 0.3) is 0 Å². The number of amides is 2. The minimum Gasteiger partial charge on any atom is -0.497 e. The molecule has 28 heavy (non-hydrogen) atoms. The summed E-state index contributed by atoms with van der Waals surface area (Å²) in [6, 6.07) is 7.62. The zero-order valence-corrected chi connectivity index (χ0v) is 16.3. The second-order valence-electron chi connectivity index (χ2n) is 7.60. The summed E-state index contributed by atoms with van der Waals surface area (Å²) in [5.41, 5.74) is 0.932. The van der Waals surface area contributed by atoms with Gasteiger partial charge in [-0.1, -0.05) is 17.3 Å². The molecular weight excluding hydrogens is 360 g/mol. The Morgan fingerprint density at radius 1 is 1.39 bits per heavy atom. The predicted molar refractivity (Wildman–Crippen MR) is 101 cm³/mol. The van der Waals surface area contributed by atoms with Crippen LogP contribution in [0, 0.1) is 12.3 Å². The van der Waals surface area contributed by atoms with Crippen molar-refractivity contribution in [3.63, 3.8) is 0 Å². The van der Waals surface area contributed by atoms with Crippen LogP contribution in [0.15, 0.2) is 28.8 Å². The van der Waals surface area contributed by atoms with E-state index in [4.69, 9.17) is 14.0 Å². The van der Waals surface area contributed by atoms with Gasteiger partial charge in [0.2, 0.25) is 5.89 Å². The van der Waals surface area contributed by atoms with E-state index in [1.54, 1.807) is 7.11 Å². The number of rotatable bonds is 4. The molecule has 1 N–H and O–H groups in total. The highest BCUT2D eigenvalue weighted by molar-refractivity contribution is 5.74. The minimum absolute atomic E-state index is 0.0418. The number of likely N-dealkylation sites (tertiary alicyclic amines) is 1. The summed E-state index contributed by atoms with van der Waals surface area (Å²) >= 11 is 0. The molecule has 150 valence electrons. The number of carbonyl (C=O) groups is 1. The van der Waals surface area contributed by atoms with E-state index in [1.807, 2.05) is 36.1 Å². The van der Waals surface area contributed by atoms with E-state index < -0.39 is 0 Å². The zero-order valence-electron chi connectivity index (χ0n) is 16.3. The Morgan fingerprint density at radius 2 is 2.21 bits per heavy atom. The lowest BCUT2D eigenvalue weighted by molar-refractivity contribution is 0.00942. The predicted octanol–water partition coefficient (Wildman–Crippen LogP) is 2.49. The van der Waals surface area contributed by atoms with E-state index in [-0.39, 0.29) is 17.4 Å². The summed E-state index contributed by atoms with van der Waals surface area (Å²) in [6.45, 7) is 4.91. The second kappa shape index (κ2) is 7.79. The lowest BCUT2D eigenvalue weighted by atomic mass is 9.72. The molecule has 8 heteroatoms. The van der Waals surface area contributed by atoms with Crippen molar-refractivity contribution in [3.05, 3.63) is 41.5 Å². The fourth-order valence-corrected chi connectivity index (χ4v) is 4.27. The van der Waals surface area contributed by atoms with Gasteiger partial charge in [-0.3, -0.25) is 0 Å². The summed E-state index contributed by atoms with van der Waals surface area (Å²) < 4.78 is 16.3. The summed E-state index contributed by atoms with van der Waals surface area (Å²) in [5.74, 6) is 2.07. The van der Waals surface area contributed by atoms with Gasteiger partial charge in [-0.2, -0.15) is 4.98 Å². The average Bonchev–Trinajstić information content (AvgIpc) is 3.30. The fraction of sp³-hybridized carbons (Fsp3) is 0.550. The van der Waals surface area contributed by atoms with Gasteiger partial charge in [-0.25, -0.2) is 4.79 Å². The maximum absolute atomic E-state index is 12.9. The Kier molecular flexibility index (Phi) is 5.21. The van der Waals surface area contributed by atoms with Gasteiger partial charge in [0, 0.05) is 38.3 Å². The molecule has 0 radical (unpaired) electrons. The topological polar surface area (TPSA) is 89.7 Å². The van der Waals surface area contributed by atoms with Crippen molar-refractivity contribution >= 4 is 6.03 Å². The standard InChI is InChI=1S/C20H26N4O4/c1-14-22-18(28-23-14)17-12-24(13-20(17)6-8-27-9-7-20)19(25)21-11-15-4-3-5-16(10-15)26-2/h3-5,10,17H,6-9,11-13H2,1-2H3,(H,21,25). The van der Waals surface area contributed by atoms with Crippen LogP contribution in [0.5, 0.6) is 5.75 Å². The number of nitrogens with one attached hydrogen (secondary N) is 1. The molecule has 1 spiro atoms. The molecule has 8 nitrogen and oxygen atoms in total. The van der Waals surface area contributed by atoms with Crippen LogP contribution in [0.2, 0.25) is 0 Å². The van der Waals surface area contributed by atoms with E-state index in [1.165, 1.54) is 0 Å². The number of ether oxygens (including phenoxy) is 2. The van der Waals surface area contributed by atoms with Crippen LogP contribution in [0.3, 0.4) is 0 Å². The fourth-order valence-electron chi connectivity index (χ4n) is 4.27. The number of urea groups is 1. The molecule has 2 aromatic rings. The summed E-state index contributed by atoms with van der Waals surface area (Å²) in [7, 11) is 1.63. The van der Waals surface area contributed by atoms with Crippen molar-refractivity contribution in [2.24, 2.45) is 5.41 Å². The van der Waals surface area contributed by atoms with Crippen molar-refractivity contribution in [1.29, 1.82) is 0 Å². The molecule has 3 heterocycles. The van der Waals surface area contributed by atoms with E-state index >= 15 is 0 Å². The van der Waals surface area contributed by atoms with E-state index in [0.717, 1.165) is 24.2 Å². The maximum Gasteiger partial charge on any atom is 0.317 e. The van der Waals surface area contributed by atoms with Crippen LogP contribution in [-0.4, -0.2) is 54.5 Å². The maximum atomic E-state index is 12.9. The van der Waals surface area contributed by atoms with Gasteiger partial charge in [-0.05, 0) is 37.5 Å². The van der Waals surface area contributed by atoms with Crippen molar-refractivity contribution in [2.75, 3.05) is 33.4 Å². The molecular formula is C20H26N4O4. The SMILES string of the molecule is COc1cccc(CNC(=O)N2CC(c3nc(C)no3)C3(CCOCC3)C2)c1. The molecule has 0 aliphatic carbocycles. The number of hydrogen-bond acceptors (Lipinski definition) is 6. The average molecular weight is 386 g/mol. The molecule has 2 aliphatic rings. The lowest BCUT2D eigenvalue weighted by Gasteiger charge is -2.36. The molecule has 2 fully saturated rings. The Balaban J connectivity index is 1.46. The van der Waals surface area contributed by atoms with Crippen molar-refractivity contribution in [1.82, 2.24) is 20.4 Å². The molecule has 2 saturated heterocycles. The Hall–Kier alpha value is -2.61. The molecule has 2 amide bonds. The molecule has 1 unspecified atom stereocenters. The van der Waals surface area contributed by atoms with E-state index in [2.05, 4.69) is 15.5 Å². The number of aryl methyl sites for hydroxylation is 1. The molecule has 1 aromatic heterocycles. The molecule has 1 atom stereocenters. The highest BCUT2D eigenvalue weighted by Crippen LogP contribution is 2.49. The Labute approximate surface area is 164 Å². The number of carbonyl (C=O) groups excluding carboxylic acids is 1. The summed E-state index contributed by atoms with van der Waals surface area (Å²) in [6.07, 6.45) is 1.78. The number of aromatic nitrogens is 2. The smallest absolute Gasteiger partial charge is 0.317 e. The second-order valence-corrected chi connectivity index (χ2v) is 7.60. The number of methoxy groups -OCH3 is 1. The summed E-state index contributed by atoms with van der Waals surface area (Å²) in [5, 5.41) is 6.98. The Morgan fingerprint density at radius 3 is 2.93 bits per heavy atom. The molecule has 1 aromatic carbocycles. The van der Waals surface area contributed by atoms with Crippen LogP contribution in [0.1, 0.15) is 36.0 Å². The van der Waals surface area contributed by atoms with E-state index in [9.17, 15) is 4.79 Å². The molecule has 0 saturated carbocycles. The van der Waals surface area contributed by atoms with Gasteiger partial charge >= 0.3 is 6.03 Å². The quantitative estimate of drug-likeness (QED) is 0.868. The normalized spacial score (nSPS) is 21.1. The van der Waals surface area contributed by atoms with Crippen molar-refractivity contribution in [3.8, 4) is 5.75 Å². The van der Waals surface area contributed by atoms with Crippen LogP contribution in [-0.2, 0) is 11.3 Å². The summed E-state index contributed by atoms with van der Waals surface area (Å²) in [4.78, 5) is 19.2. The van der Waals surface area contributed by atoms with Gasteiger partial charge in [0.05, 0.1) is 13.0 Å². The first-order chi connectivity index (χ1) is 13.6. The third-order valence-corrected chi connectivity index (χ3v) is 5.84. The first kappa shape index (κ1) is 18.7. The highest BCUT2D eigenvalue weighted by Gasteiger charge is 2.51.